The van der Waals surface area contributed by atoms with Gasteiger partial charge in [0, 0.05) is 57.1 Å². The van der Waals surface area contributed by atoms with E-state index in [1.54, 1.807) is 23.8 Å². The van der Waals surface area contributed by atoms with Gasteiger partial charge in [-0.2, -0.15) is 0 Å². The average Bonchev–Trinajstić information content (AvgIpc) is 2.72. The second-order valence-electron chi connectivity index (χ2n) is 7.59. The minimum Gasteiger partial charge on any atom is -0.507 e. The highest BCUT2D eigenvalue weighted by Gasteiger charge is 2.31. The van der Waals surface area contributed by atoms with E-state index < -0.39 is 6.04 Å². The number of nitrogens with zero attached hydrogens (tertiary/aromatic N) is 3. The van der Waals surface area contributed by atoms with Gasteiger partial charge in [0.1, 0.15) is 5.75 Å². The van der Waals surface area contributed by atoms with Gasteiger partial charge in [-0.15, -0.1) is 0 Å². The predicted molar refractivity (Wildman–Crippen MR) is 117 cm³/mol. The number of aryl methyl sites for hydroxylation is 1. The average molecular weight is 436 g/mol. The molecule has 3 rings (SSSR count). The molecule has 7 nitrogen and oxygen atoms in total. The van der Waals surface area contributed by atoms with Crippen molar-refractivity contribution in [2.75, 3.05) is 53.0 Å². The topological polar surface area (TPSA) is 78.2 Å². The van der Waals surface area contributed by atoms with Gasteiger partial charge in [-0.25, -0.2) is 0 Å². The first kappa shape index (κ1) is 22.8. The fourth-order valence-electron chi connectivity index (χ4n) is 4.11. The van der Waals surface area contributed by atoms with Crippen molar-refractivity contribution in [3.8, 4) is 5.75 Å². The van der Waals surface area contributed by atoms with Crippen LogP contribution in [0.5, 0.6) is 5.75 Å². The van der Waals surface area contributed by atoms with Gasteiger partial charge in [-0.05, 0) is 30.7 Å². The molecule has 1 aliphatic rings. The molecular formula is C22H30ClN3O4. The normalized spacial score (nSPS) is 16.7. The number of aromatic nitrogens is 1. The third-order valence-corrected chi connectivity index (χ3v) is 5.90. The molecule has 1 aromatic heterocycles. The summed E-state index contributed by atoms with van der Waals surface area (Å²) in [6, 6.07) is 8.68. The number of hydrogen-bond donors (Lipinski definition) is 2. The van der Waals surface area contributed by atoms with Crippen molar-refractivity contribution in [2.45, 2.75) is 19.5 Å². The highest BCUT2D eigenvalue weighted by Crippen LogP contribution is 2.34. The lowest BCUT2D eigenvalue weighted by Crippen LogP contribution is -2.49. The van der Waals surface area contributed by atoms with Crippen LogP contribution in [0.3, 0.4) is 0 Å². The third-order valence-electron chi connectivity index (χ3n) is 5.67. The van der Waals surface area contributed by atoms with E-state index in [1.165, 1.54) is 0 Å². The van der Waals surface area contributed by atoms with Crippen LogP contribution in [0, 0.1) is 6.92 Å². The molecule has 1 aromatic carbocycles. The number of halogens is 1. The van der Waals surface area contributed by atoms with E-state index in [4.69, 9.17) is 16.3 Å². The molecule has 1 fully saturated rings. The van der Waals surface area contributed by atoms with Gasteiger partial charge in [0.05, 0.1) is 24.8 Å². The molecule has 2 heterocycles. The number of aliphatic hydroxyl groups is 1. The van der Waals surface area contributed by atoms with Crippen LogP contribution in [-0.2, 0) is 11.3 Å². The maximum Gasteiger partial charge on any atom is 0.259 e. The minimum absolute atomic E-state index is 0.00562. The number of pyridine rings is 1. The van der Waals surface area contributed by atoms with E-state index in [1.807, 2.05) is 25.1 Å². The molecule has 0 aliphatic carbocycles. The zero-order valence-electron chi connectivity index (χ0n) is 17.6. The summed E-state index contributed by atoms with van der Waals surface area (Å²) in [4.78, 5) is 17.9. The number of β-amino-alcohol motifs (C(OH)–C–C–N with tert-alkyl or cyclic N) is 1. The van der Waals surface area contributed by atoms with Gasteiger partial charge in [0.15, 0.2) is 0 Å². The number of piperazine rings is 1. The maximum absolute atomic E-state index is 13.5. The molecule has 1 atom stereocenters. The number of aliphatic hydroxyl groups excluding tert-OH is 1. The summed E-state index contributed by atoms with van der Waals surface area (Å²) in [6.45, 7) is 6.38. The number of methoxy groups -OCH3 is 1. The van der Waals surface area contributed by atoms with Crippen LogP contribution < -0.4 is 5.56 Å². The maximum atomic E-state index is 13.5. The summed E-state index contributed by atoms with van der Waals surface area (Å²) < 4.78 is 6.81. The Morgan fingerprint density at radius 1 is 1.17 bits per heavy atom. The number of aromatic hydroxyl groups is 1. The third kappa shape index (κ3) is 5.04. The molecule has 1 saturated heterocycles. The summed E-state index contributed by atoms with van der Waals surface area (Å²) in [5.74, 6) is -0.00562. The standard InChI is InChI=1S/C22H30ClN3O4/c1-16-14-19(28)20(22(29)26(16)11-13-30-2)21(17-4-3-5-18(23)15-17)25-8-6-24(7-9-25)10-12-27/h3-5,14-15,21,27-28H,6-13H2,1-2H3/t21-/m0/s1. The van der Waals surface area contributed by atoms with E-state index in [0.29, 0.717) is 49.1 Å². The highest BCUT2D eigenvalue weighted by atomic mass is 35.5. The molecule has 0 amide bonds. The zero-order valence-corrected chi connectivity index (χ0v) is 18.3. The molecule has 2 aromatic rings. The van der Waals surface area contributed by atoms with Crippen LogP contribution in [0.4, 0.5) is 0 Å². The first-order valence-electron chi connectivity index (χ1n) is 10.2. The van der Waals surface area contributed by atoms with Crippen LogP contribution in [0.25, 0.3) is 0 Å². The molecule has 8 heteroatoms. The van der Waals surface area contributed by atoms with Gasteiger partial charge in [0.25, 0.3) is 5.56 Å². The fourth-order valence-corrected chi connectivity index (χ4v) is 4.31. The second-order valence-corrected chi connectivity index (χ2v) is 8.03. The quantitative estimate of drug-likeness (QED) is 0.659. The first-order chi connectivity index (χ1) is 14.5. The van der Waals surface area contributed by atoms with E-state index in [2.05, 4.69) is 9.80 Å². The Hall–Kier alpha value is -1.90. The van der Waals surface area contributed by atoms with Crippen molar-refractivity contribution in [3.63, 3.8) is 0 Å². The minimum atomic E-state index is -0.415. The summed E-state index contributed by atoms with van der Waals surface area (Å²) in [5, 5.41) is 20.7. The lowest BCUT2D eigenvalue weighted by atomic mass is 9.96. The molecule has 0 bridgehead atoms. The lowest BCUT2D eigenvalue weighted by molar-refractivity contribution is 0.0931. The molecule has 0 saturated carbocycles. The van der Waals surface area contributed by atoms with Crippen molar-refractivity contribution in [1.29, 1.82) is 0 Å². The van der Waals surface area contributed by atoms with Gasteiger partial charge < -0.3 is 19.5 Å². The van der Waals surface area contributed by atoms with E-state index in [9.17, 15) is 15.0 Å². The first-order valence-corrected chi connectivity index (χ1v) is 10.6. The summed E-state index contributed by atoms with van der Waals surface area (Å²) in [6.07, 6.45) is 0. The number of hydrogen-bond acceptors (Lipinski definition) is 6. The summed E-state index contributed by atoms with van der Waals surface area (Å²) in [7, 11) is 1.60. The molecule has 0 spiro atoms. The van der Waals surface area contributed by atoms with Gasteiger partial charge in [0.2, 0.25) is 0 Å². The Kier molecular flexibility index (Phi) is 7.91. The fraction of sp³-hybridized carbons (Fsp3) is 0.500. The highest BCUT2D eigenvalue weighted by molar-refractivity contribution is 6.30. The SMILES string of the molecule is COCCn1c(C)cc(O)c([C@H](c2cccc(Cl)c2)N2CCN(CCO)CC2)c1=O. The zero-order chi connectivity index (χ0) is 21.7. The Labute approximate surface area is 182 Å². The number of rotatable bonds is 8. The number of benzene rings is 1. The van der Waals surface area contributed by atoms with E-state index in [0.717, 1.165) is 18.7 Å². The Morgan fingerprint density at radius 2 is 1.90 bits per heavy atom. The molecule has 2 N–H and O–H groups in total. The Bertz CT molecular complexity index is 910. The van der Waals surface area contributed by atoms with Gasteiger partial charge >= 0.3 is 0 Å². The van der Waals surface area contributed by atoms with Crippen molar-refractivity contribution in [3.05, 3.63) is 62.5 Å². The van der Waals surface area contributed by atoms with E-state index >= 15 is 0 Å². The molecular weight excluding hydrogens is 406 g/mol. The second kappa shape index (κ2) is 10.4. The molecule has 0 unspecified atom stereocenters. The van der Waals surface area contributed by atoms with Crippen molar-refractivity contribution in [1.82, 2.24) is 14.4 Å². The Balaban J connectivity index is 2.06. The molecule has 0 radical (unpaired) electrons. The van der Waals surface area contributed by atoms with Crippen LogP contribution in [0.1, 0.15) is 22.9 Å². The largest absolute Gasteiger partial charge is 0.507 e. The van der Waals surface area contributed by atoms with Crippen LogP contribution in [0.15, 0.2) is 35.1 Å². The smallest absolute Gasteiger partial charge is 0.259 e. The molecule has 1 aliphatic heterocycles. The summed E-state index contributed by atoms with van der Waals surface area (Å²) >= 11 is 6.27. The van der Waals surface area contributed by atoms with Crippen molar-refractivity contribution < 1.29 is 14.9 Å². The van der Waals surface area contributed by atoms with Crippen molar-refractivity contribution in [2.24, 2.45) is 0 Å². The van der Waals surface area contributed by atoms with Crippen LogP contribution in [0.2, 0.25) is 5.02 Å². The van der Waals surface area contributed by atoms with Gasteiger partial charge in [-0.3, -0.25) is 14.6 Å². The lowest BCUT2D eigenvalue weighted by Gasteiger charge is -2.39. The molecule has 30 heavy (non-hydrogen) atoms. The van der Waals surface area contributed by atoms with Crippen LogP contribution >= 0.6 is 11.6 Å². The predicted octanol–water partition coefficient (Wildman–Crippen LogP) is 1.86. The number of ether oxygens (including phenoxy) is 1. The summed E-state index contributed by atoms with van der Waals surface area (Å²) in [5.41, 5.74) is 1.70. The Morgan fingerprint density at radius 3 is 2.53 bits per heavy atom. The monoisotopic (exact) mass is 435 g/mol. The van der Waals surface area contributed by atoms with E-state index in [-0.39, 0.29) is 17.9 Å². The van der Waals surface area contributed by atoms with Crippen molar-refractivity contribution >= 4 is 11.6 Å². The van der Waals surface area contributed by atoms with Crippen LogP contribution in [-0.4, -0.2) is 77.6 Å². The van der Waals surface area contributed by atoms with Gasteiger partial charge in [-0.1, -0.05) is 23.7 Å². The molecule has 164 valence electrons.